The fraction of sp³-hybridized carbons (Fsp3) is 0.462. The summed E-state index contributed by atoms with van der Waals surface area (Å²) in [4.78, 5) is 11.6. The Morgan fingerprint density at radius 2 is 2.00 bits per heavy atom. The average Bonchev–Trinajstić information content (AvgIpc) is 2.44. The third-order valence-corrected chi connectivity index (χ3v) is 2.88. The van der Waals surface area contributed by atoms with Crippen molar-refractivity contribution in [3.05, 3.63) is 30.1 Å². The molecular formula is C13H18FNO4. The van der Waals surface area contributed by atoms with Crippen LogP contribution in [0.5, 0.6) is 5.75 Å². The van der Waals surface area contributed by atoms with Crippen LogP contribution in [-0.2, 0) is 4.79 Å². The van der Waals surface area contributed by atoms with Crippen molar-refractivity contribution >= 4 is 5.91 Å². The number of aliphatic hydroxyl groups is 2. The molecule has 0 radical (unpaired) electrons. The highest BCUT2D eigenvalue weighted by molar-refractivity contribution is 5.78. The zero-order chi connectivity index (χ0) is 14.3. The summed E-state index contributed by atoms with van der Waals surface area (Å²) in [7, 11) is 0. The van der Waals surface area contributed by atoms with Gasteiger partial charge in [-0.15, -0.1) is 0 Å². The van der Waals surface area contributed by atoms with Crippen LogP contribution in [0.25, 0.3) is 0 Å². The lowest BCUT2D eigenvalue weighted by Gasteiger charge is -2.29. The van der Waals surface area contributed by atoms with Gasteiger partial charge in [-0.3, -0.25) is 4.79 Å². The van der Waals surface area contributed by atoms with E-state index in [2.05, 4.69) is 5.32 Å². The van der Waals surface area contributed by atoms with Crippen molar-refractivity contribution in [3.63, 3.8) is 0 Å². The van der Waals surface area contributed by atoms with Crippen molar-refractivity contribution in [3.8, 4) is 5.75 Å². The first-order valence-electron chi connectivity index (χ1n) is 5.97. The van der Waals surface area contributed by atoms with Gasteiger partial charge >= 0.3 is 0 Å². The summed E-state index contributed by atoms with van der Waals surface area (Å²) in [6, 6.07) is 5.74. The molecule has 5 nitrogen and oxygen atoms in total. The summed E-state index contributed by atoms with van der Waals surface area (Å²) < 4.78 is 18.3. The van der Waals surface area contributed by atoms with Crippen LogP contribution in [0.1, 0.15) is 13.3 Å². The van der Waals surface area contributed by atoms with Gasteiger partial charge in [0, 0.05) is 0 Å². The Bertz CT molecular complexity index is 413. The second-order valence-electron chi connectivity index (χ2n) is 4.22. The maximum atomic E-state index is 13.2. The van der Waals surface area contributed by atoms with Crippen LogP contribution in [0.15, 0.2) is 24.3 Å². The molecular weight excluding hydrogens is 253 g/mol. The number of amides is 1. The Labute approximate surface area is 111 Å². The zero-order valence-electron chi connectivity index (χ0n) is 10.7. The lowest BCUT2D eigenvalue weighted by atomic mass is 9.98. The van der Waals surface area contributed by atoms with Crippen LogP contribution in [0.4, 0.5) is 4.39 Å². The van der Waals surface area contributed by atoms with Crippen molar-refractivity contribution in [2.75, 3.05) is 19.8 Å². The van der Waals surface area contributed by atoms with Crippen LogP contribution in [0.2, 0.25) is 0 Å². The standard InChI is InChI=1S/C13H18FNO4/c1-2-13(8-16,9-17)15-12(18)7-19-11-6-4-3-5-10(11)14/h3-6,16-17H,2,7-9H2,1H3,(H,15,18). The number of nitrogens with one attached hydrogen (secondary N) is 1. The van der Waals surface area contributed by atoms with Crippen LogP contribution < -0.4 is 10.1 Å². The van der Waals surface area contributed by atoms with E-state index in [1.165, 1.54) is 18.2 Å². The molecule has 0 aliphatic carbocycles. The van der Waals surface area contributed by atoms with Gasteiger partial charge in [0.25, 0.3) is 5.91 Å². The van der Waals surface area contributed by atoms with Gasteiger partial charge in [-0.25, -0.2) is 4.39 Å². The highest BCUT2D eigenvalue weighted by Gasteiger charge is 2.28. The van der Waals surface area contributed by atoms with E-state index in [0.29, 0.717) is 6.42 Å². The smallest absolute Gasteiger partial charge is 0.258 e. The number of ether oxygens (including phenoxy) is 1. The first-order chi connectivity index (χ1) is 9.06. The number of rotatable bonds is 7. The minimum Gasteiger partial charge on any atom is -0.481 e. The van der Waals surface area contributed by atoms with Gasteiger partial charge < -0.3 is 20.3 Å². The number of carbonyl (C=O) groups excluding carboxylic acids is 1. The van der Waals surface area contributed by atoms with E-state index in [4.69, 9.17) is 4.74 Å². The van der Waals surface area contributed by atoms with E-state index >= 15 is 0 Å². The molecule has 1 rings (SSSR count). The van der Waals surface area contributed by atoms with Crippen LogP contribution in [0.3, 0.4) is 0 Å². The third-order valence-electron chi connectivity index (χ3n) is 2.88. The highest BCUT2D eigenvalue weighted by Crippen LogP contribution is 2.15. The summed E-state index contributed by atoms with van der Waals surface area (Å²) in [6.45, 7) is 0.573. The molecule has 3 N–H and O–H groups in total. The number of halogens is 1. The number of hydrogen-bond acceptors (Lipinski definition) is 4. The number of hydrogen-bond donors (Lipinski definition) is 3. The summed E-state index contributed by atoms with van der Waals surface area (Å²) in [5, 5.41) is 20.8. The molecule has 0 aromatic heterocycles. The van der Waals surface area contributed by atoms with Crippen molar-refractivity contribution in [2.45, 2.75) is 18.9 Å². The van der Waals surface area contributed by atoms with E-state index in [9.17, 15) is 19.4 Å². The summed E-state index contributed by atoms with van der Waals surface area (Å²) in [5.74, 6) is -1.11. The number of aliphatic hydroxyl groups excluding tert-OH is 2. The van der Waals surface area contributed by atoms with Gasteiger partial charge in [0.15, 0.2) is 18.2 Å². The summed E-state index contributed by atoms with van der Waals surface area (Å²) in [5.41, 5.74) is -1.07. The molecule has 0 unspecified atom stereocenters. The summed E-state index contributed by atoms with van der Waals surface area (Å²) >= 11 is 0. The van der Waals surface area contributed by atoms with Crippen LogP contribution in [0, 0.1) is 5.82 Å². The van der Waals surface area contributed by atoms with E-state index in [1.54, 1.807) is 13.0 Å². The number of benzene rings is 1. The predicted octanol–water partition coefficient (Wildman–Crippen LogP) is 0.454. The lowest BCUT2D eigenvalue weighted by molar-refractivity contribution is -0.126. The molecule has 0 bridgehead atoms. The second-order valence-corrected chi connectivity index (χ2v) is 4.22. The molecule has 0 saturated carbocycles. The maximum absolute atomic E-state index is 13.2. The predicted molar refractivity (Wildman–Crippen MR) is 67.2 cm³/mol. The Kier molecular flexibility index (Phi) is 5.72. The fourth-order valence-corrected chi connectivity index (χ4v) is 1.48. The first kappa shape index (κ1) is 15.4. The molecule has 0 spiro atoms. The fourth-order valence-electron chi connectivity index (χ4n) is 1.48. The van der Waals surface area contributed by atoms with Crippen molar-refractivity contribution < 1.29 is 24.1 Å². The zero-order valence-corrected chi connectivity index (χ0v) is 10.7. The SMILES string of the molecule is CCC(CO)(CO)NC(=O)COc1ccccc1F. The van der Waals surface area contributed by atoms with Crippen LogP contribution in [-0.4, -0.2) is 41.5 Å². The van der Waals surface area contributed by atoms with E-state index in [1.807, 2.05) is 0 Å². The molecule has 0 saturated heterocycles. The molecule has 19 heavy (non-hydrogen) atoms. The molecule has 1 aromatic rings. The van der Waals surface area contributed by atoms with Gasteiger partial charge in [0.05, 0.1) is 18.8 Å². The van der Waals surface area contributed by atoms with Gasteiger partial charge in [-0.05, 0) is 18.6 Å². The van der Waals surface area contributed by atoms with E-state index in [0.717, 1.165) is 0 Å². The number of para-hydroxylation sites is 1. The molecule has 6 heteroatoms. The maximum Gasteiger partial charge on any atom is 0.258 e. The van der Waals surface area contributed by atoms with Gasteiger partial charge in [-0.1, -0.05) is 19.1 Å². The van der Waals surface area contributed by atoms with Gasteiger partial charge in [-0.2, -0.15) is 0 Å². The third kappa shape index (κ3) is 4.18. The second kappa shape index (κ2) is 7.06. The molecule has 0 fully saturated rings. The van der Waals surface area contributed by atoms with Crippen LogP contribution >= 0.6 is 0 Å². The monoisotopic (exact) mass is 271 g/mol. The van der Waals surface area contributed by atoms with Gasteiger partial charge in [0.1, 0.15) is 0 Å². The molecule has 0 heterocycles. The Morgan fingerprint density at radius 3 is 2.53 bits per heavy atom. The number of carbonyl (C=O) groups is 1. The summed E-state index contributed by atoms with van der Waals surface area (Å²) in [6.07, 6.45) is 0.367. The largest absolute Gasteiger partial charge is 0.481 e. The molecule has 0 aliphatic heterocycles. The first-order valence-corrected chi connectivity index (χ1v) is 5.97. The minimum atomic E-state index is -1.07. The van der Waals surface area contributed by atoms with Gasteiger partial charge in [0.2, 0.25) is 0 Å². The molecule has 1 aromatic carbocycles. The Hall–Kier alpha value is -1.66. The van der Waals surface area contributed by atoms with Crippen molar-refractivity contribution in [1.82, 2.24) is 5.32 Å². The Morgan fingerprint density at radius 1 is 1.37 bits per heavy atom. The molecule has 1 amide bonds. The van der Waals surface area contributed by atoms with Crippen molar-refractivity contribution in [2.24, 2.45) is 0 Å². The minimum absolute atomic E-state index is 0.0206. The normalized spacial score (nSPS) is 11.2. The van der Waals surface area contributed by atoms with E-state index < -0.39 is 17.3 Å². The molecule has 0 aliphatic rings. The average molecular weight is 271 g/mol. The molecule has 106 valence electrons. The Balaban J connectivity index is 2.54. The molecule has 0 atom stereocenters. The topological polar surface area (TPSA) is 78.8 Å². The highest BCUT2D eigenvalue weighted by atomic mass is 19.1. The quantitative estimate of drug-likeness (QED) is 0.673. The van der Waals surface area contributed by atoms with Crippen molar-refractivity contribution in [1.29, 1.82) is 0 Å². The van der Waals surface area contributed by atoms with E-state index in [-0.39, 0.29) is 25.6 Å². The lowest BCUT2D eigenvalue weighted by Crippen LogP contribution is -2.55.